The number of rotatable bonds is 5. The number of aliphatic hydroxyl groups excluding tert-OH is 1. The van der Waals surface area contributed by atoms with Crippen LogP contribution in [-0.4, -0.2) is 61.0 Å². The minimum atomic E-state index is 0.145. The van der Waals surface area contributed by atoms with Crippen LogP contribution in [0.4, 0.5) is 0 Å². The van der Waals surface area contributed by atoms with Crippen molar-refractivity contribution in [2.45, 2.75) is 58.0 Å². The maximum atomic E-state index is 9.52. The second-order valence-electron chi connectivity index (χ2n) is 7.71. The molecule has 2 fully saturated rings. The van der Waals surface area contributed by atoms with E-state index in [1.54, 1.807) is 0 Å². The Kier molecular flexibility index (Phi) is 5.46. The highest BCUT2D eigenvalue weighted by Gasteiger charge is 2.38. The van der Waals surface area contributed by atoms with Crippen LogP contribution in [0.3, 0.4) is 0 Å². The third kappa shape index (κ3) is 4.42. The molecule has 0 aromatic rings. The Bertz CT molecular complexity index is 295. The fourth-order valence-electron chi connectivity index (χ4n) is 3.42. The third-order valence-corrected chi connectivity index (χ3v) is 4.65. The van der Waals surface area contributed by atoms with E-state index in [0.29, 0.717) is 12.6 Å². The number of likely N-dealkylation sites (tertiary alicyclic amines) is 1. The van der Waals surface area contributed by atoms with Gasteiger partial charge in [-0.2, -0.15) is 0 Å². The van der Waals surface area contributed by atoms with Crippen molar-refractivity contribution < 1.29 is 9.84 Å². The molecule has 0 aromatic heterocycles. The summed E-state index contributed by atoms with van der Waals surface area (Å²) in [5.74, 6) is 0. The second kappa shape index (κ2) is 6.73. The van der Waals surface area contributed by atoms with E-state index in [1.807, 2.05) is 0 Å². The van der Waals surface area contributed by atoms with Gasteiger partial charge in [-0.15, -0.1) is 0 Å². The lowest BCUT2D eigenvalue weighted by Gasteiger charge is -2.43. The van der Waals surface area contributed by atoms with Crippen LogP contribution < -0.4 is 5.32 Å². The molecule has 2 N–H and O–H groups in total. The molecule has 0 bridgehead atoms. The number of nitrogens with one attached hydrogen (secondary N) is 1. The summed E-state index contributed by atoms with van der Waals surface area (Å²) in [6, 6.07) is 0.364. The summed E-state index contributed by atoms with van der Waals surface area (Å²) in [7, 11) is 0. The average molecular weight is 284 g/mol. The number of hydrogen-bond acceptors (Lipinski definition) is 4. The molecule has 4 heteroatoms. The molecular formula is C16H32N2O2. The van der Waals surface area contributed by atoms with E-state index in [-0.39, 0.29) is 11.0 Å². The van der Waals surface area contributed by atoms with Crippen molar-refractivity contribution in [1.29, 1.82) is 0 Å². The molecule has 0 aromatic carbocycles. The van der Waals surface area contributed by atoms with Gasteiger partial charge in [0.15, 0.2) is 0 Å². The van der Waals surface area contributed by atoms with Crippen molar-refractivity contribution >= 4 is 0 Å². The Labute approximate surface area is 123 Å². The van der Waals surface area contributed by atoms with E-state index >= 15 is 0 Å². The minimum Gasteiger partial charge on any atom is -0.395 e. The summed E-state index contributed by atoms with van der Waals surface area (Å²) >= 11 is 0. The molecule has 0 radical (unpaired) electrons. The highest BCUT2D eigenvalue weighted by molar-refractivity contribution is 4.92. The zero-order chi connectivity index (χ0) is 14.6. The lowest BCUT2D eigenvalue weighted by molar-refractivity contribution is -0.0335. The Balaban J connectivity index is 1.99. The molecule has 2 saturated heterocycles. The first-order valence-corrected chi connectivity index (χ1v) is 8.12. The molecule has 20 heavy (non-hydrogen) atoms. The number of nitrogens with zero attached hydrogens (tertiary/aromatic N) is 1. The SMILES string of the molecule is CC(C)(C)NCC1(CN2CCCC2CO)CCCOC1. The fourth-order valence-corrected chi connectivity index (χ4v) is 3.42. The third-order valence-electron chi connectivity index (χ3n) is 4.65. The van der Waals surface area contributed by atoms with Crippen molar-refractivity contribution in [2.24, 2.45) is 5.41 Å². The Morgan fingerprint density at radius 3 is 2.75 bits per heavy atom. The Hall–Kier alpha value is -0.160. The van der Waals surface area contributed by atoms with E-state index in [2.05, 4.69) is 31.0 Å². The van der Waals surface area contributed by atoms with Gasteiger partial charge in [-0.1, -0.05) is 0 Å². The fraction of sp³-hybridized carbons (Fsp3) is 1.00. The van der Waals surface area contributed by atoms with Crippen LogP contribution >= 0.6 is 0 Å². The van der Waals surface area contributed by atoms with Crippen LogP contribution in [-0.2, 0) is 4.74 Å². The second-order valence-corrected chi connectivity index (χ2v) is 7.71. The molecule has 0 spiro atoms. The molecule has 2 aliphatic rings. The van der Waals surface area contributed by atoms with Crippen LogP contribution in [0.25, 0.3) is 0 Å². The van der Waals surface area contributed by atoms with Gasteiger partial charge in [-0.3, -0.25) is 4.90 Å². The molecule has 2 unspecified atom stereocenters. The van der Waals surface area contributed by atoms with Gasteiger partial charge >= 0.3 is 0 Å². The molecule has 2 atom stereocenters. The van der Waals surface area contributed by atoms with Crippen molar-refractivity contribution in [3.05, 3.63) is 0 Å². The molecule has 4 nitrogen and oxygen atoms in total. The lowest BCUT2D eigenvalue weighted by atomic mass is 9.81. The number of ether oxygens (including phenoxy) is 1. The zero-order valence-electron chi connectivity index (χ0n) is 13.5. The standard InChI is InChI=1S/C16H32N2O2/c1-15(2,3)17-11-16(7-5-9-20-13-16)12-18-8-4-6-14(18)10-19/h14,17,19H,4-13H2,1-3H3. The highest BCUT2D eigenvalue weighted by Crippen LogP contribution is 2.32. The summed E-state index contributed by atoms with van der Waals surface area (Å²) in [6.45, 7) is 11.9. The number of hydrogen-bond donors (Lipinski definition) is 2. The van der Waals surface area contributed by atoms with Gasteiger partial charge < -0.3 is 15.2 Å². The van der Waals surface area contributed by atoms with Crippen molar-refractivity contribution in [3.63, 3.8) is 0 Å². The largest absolute Gasteiger partial charge is 0.395 e. The normalized spacial score (nSPS) is 32.7. The van der Waals surface area contributed by atoms with Crippen molar-refractivity contribution in [3.8, 4) is 0 Å². The average Bonchev–Trinajstić information content (AvgIpc) is 2.84. The Morgan fingerprint density at radius 2 is 2.15 bits per heavy atom. The predicted molar refractivity (Wildman–Crippen MR) is 81.9 cm³/mol. The quantitative estimate of drug-likeness (QED) is 0.805. The summed E-state index contributed by atoms with van der Waals surface area (Å²) < 4.78 is 5.80. The first-order chi connectivity index (χ1) is 9.44. The monoisotopic (exact) mass is 284 g/mol. The van der Waals surface area contributed by atoms with E-state index in [9.17, 15) is 5.11 Å². The van der Waals surface area contributed by atoms with Crippen LogP contribution in [0.2, 0.25) is 0 Å². The van der Waals surface area contributed by atoms with Gasteiger partial charge in [-0.25, -0.2) is 0 Å². The molecular weight excluding hydrogens is 252 g/mol. The van der Waals surface area contributed by atoms with Gasteiger partial charge in [0, 0.05) is 36.7 Å². The molecule has 2 aliphatic heterocycles. The smallest absolute Gasteiger partial charge is 0.0586 e. The van der Waals surface area contributed by atoms with Crippen LogP contribution in [0.15, 0.2) is 0 Å². The first-order valence-electron chi connectivity index (χ1n) is 8.12. The summed E-state index contributed by atoms with van der Waals surface area (Å²) in [5.41, 5.74) is 0.356. The van der Waals surface area contributed by atoms with Crippen LogP contribution in [0.5, 0.6) is 0 Å². The summed E-state index contributed by atoms with van der Waals surface area (Å²) in [5, 5.41) is 13.2. The molecule has 0 amide bonds. The molecule has 118 valence electrons. The summed E-state index contributed by atoms with van der Waals surface area (Å²) in [4.78, 5) is 2.49. The Morgan fingerprint density at radius 1 is 1.35 bits per heavy atom. The predicted octanol–water partition coefficient (Wildman–Crippen LogP) is 1.63. The molecule has 2 heterocycles. The van der Waals surface area contributed by atoms with Crippen molar-refractivity contribution in [2.75, 3.05) is 39.5 Å². The van der Waals surface area contributed by atoms with Gasteiger partial charge in [0.2, 0.25) is 0 Å². The van der Waals surface area contributed by atoms with Gasteiger partial charge in [0.05, 0.1) is 13.2 Å². The summed E-state index contributed by atoms with van der Waals surface area (Å²) in [6.07, 6.45) is 4.74. The van der Waals surface area contributed by atoms with Crippen LogP contribution in [0.1, 0.15) is 46.5 Å². The van der Waals surface area contributed by atoms with Gasteiger partial charge in [0.1, 0.15) is 0 Å². The van der Waals surface area contributed by atoms with E-state index in [0.717, 1.165) is 45.7 Å². The van der Waals surface area contributed by atoms with Crippen molar-refractivity contribution in [1.82, 2.24) is 10.2 Å². The zero-order valence-corrected chi connectivity index (χ0v) is 13.5. The van der Waals surface area contributed by atoms with Gasteiger partial charge in [0.25, 0.3) is 0 Å². The van der Waals surface area contributed by atoms with Crippen LogP contribution in [0, 0.1) is 5.41 Å². The maximum Gasteiger partial charge on any atom is 0.0586 e. The van der Waals surface area contributed by atoms with E-state index < -0.39 is 0 Å². The molecule has 0 saturated carbocycles. The van der Waals surface area contributed by atoms with E-state index in [4.69, 9.17) is 4.74 Å². The number of aliphatic hydroxyl groups is 1. The molecule has 2 rings (SSSR count). The van der Waals surface area contributed by atoms with Gasteiger partial charge in [-0.05, 0) is 53.0 Å². The lowest BCUT2D eigenvalue weighted by Crippen LogP contribution is -2.53. The minimum absolute atomic E-state index is 0.145. The first kappa shape index (κ1) is 16.2. The van der Waals surface area contributed by atoms with E-state index in [1.165, 1.54) is 12.8 Å². The molecule has 0 aliphatic carbocycles. The maximum absolute atomic E-state index is 9.52. The topological polar surface area (TPSA) is 44.7 Å². The highest BCUT2D eigenvalue weighted by atomic mass is 16.5.